The molecule has 268 valence electrons. The van der Waals surface area contributed by atoms with Crippen LogP contribution >= 0.6 is 22.7 Å². The molecule has 2 heterocycles. The van der Waals surface area contributed by atoms with Crippen LogP contribution in [0, 0.1) is 0 Å². The van der Waals surface area contributed by atoms with Gasteiger partial charge in [0.05, 0.1) is 5.69 Å². The van der Waals surface area contributed by atoms with Crippen LogP contribution in [0.3, 0.4) is 0 Å². The zero-order valence-electron chi connectivity index (χ0n) is 31.0. The van der Waals surface area contributed by atoms with Gasteiger partial charge in [0.25, 0.3) is 0 Å². The number of nitrogens with zero attached hydrogens (tertiary/aromatic N) is 1. The van der Waals surface area contributed by atoms with E-state index in [1.165, 1.54) is 84.9 Å². The van der Waals surface area contributed by atoms with Gasteiger partial charge >= 0.3 is 0 Å². The zero-order valence-corrected chi connectivity index (χ0v) is 32.6. The van der Waals surface area contributed by atoms with Crippen molar-refractivity contribution < 1.29 is 0 Å². The molecule has 0 spiro atoms. The van der Waals surface area contributed by atoms with E-state index in [-0.39, 0.29) is 0 Å². The van der Waals surface area contributed by atoms with E-state index in [1.54, 1.807) is 0 Å². The topological polar surface area (TPSA) is 3.24 Å². The number of hydrogen-bond donors (Lipinski definition) is 0. The fourth-order valence-corrected chi connectivity index (χ4v) is 10.7. The molecular weight excluding hydrogens is 727 g/mol. The van der Waals surface area contributed by atoms with Crippen LogP contribution in [0.1, 0.15) is 0 Å². The van der Waals surface area contributed by atoms with Crippen LogP contribution in [0.15, 0.2) is 212 Å². The number of fused-ring (bicyclic) bond motifs is 6. The van der Waals surface area contributed by atoms with Gasteiger partial charge in [0.1, 0.15) is 0 Å². The van der Waals surface area contributed by atoms with Gasteiger partial charge in [0.2, 0.25) is 0 Å². The Morgan fingerprint density at radius 3 is 1.54 bits per heavy atom. The lowest BCUT2D eigenvalue weighted by Gasteiger charge is -2.30. The largest absolute Gasteiger partial charge is 0.310 e. The molecular formula is C54H35NS2. The summed E-state index contributed by atoms with van der Waals surface area (Å²) in [6.07, 6.45) is 0. The molecule has 0 fully saturated rings. The Kier molecular flexibility index (Phi) is 8.28. The number of rotatable bonds is 7. The van der Waals surface area contributed by atoms with E-state index >= 15 is 0 Å². The third kappa shape index (κ3) is 5.91. The van der Waals surface area contributed by atoms with E-state index in [2.05, 4.69) is 217 Å². The number of hydrogen-bond acceptors (Lipinski definition) is 3. The van der Waals surface area contributed by atoms with Crippen molar-refractivity contribution in [2.75, 3.05) is 4.90 Å². The first-order valence-electron chi connectivity index (χ1n) is 19.3. The Bertz CT molecular complexity index is 3230. The van der Waals surface area contributed by atoms with Crippen molar-refractivity contribution in [3.05, 3.63) is 212 Å². The molecule has 0 unspecified atom stereocenters. The lowest BCUT2D eigenvalue weighted by Crippen LogP contribution is -2.12. The second-order valence-corrected chi connectivity index (χ2v) is 16.6. The molecule has 9 aromatic carbocycles. The van der Waals surface area contributed by atoms with Crippen LogP contribution in [0.25, 0.3) is 84.9 Å². The average Bonchev–Trinajstić information content (AvgIpc) is 3.85. The van der Waals surface area contributed by atoms with Crippen molar-refractivity contribution in [1.82, 2.24) is 0 Å². The Labute approximate surface area is 340 Å². The summed E-state index contributed by atoms with van der Waals surface area (Å²) < 4.78 is 5.23. The normalized spacial score (nSPS) is 11.5. The Morgan fingerprint density at radius 1 is 0.281 bits per heavy atom. The molecule has 0 saturated heterocycles. The maximum Gasteiger partial charge on any atom is 0.0546 e. The number of thiophene rings is 2. The van der Waals surface area contributed by atoms with E-state index in [4.69, 9.17) is 0 Å². The van der Waals surface area contributed by atoms with Crippen LogP contribution in [0.2, 0.25) is 0 Å². The quantitative estimate of drug-likeness (QED) is 0.156. The summed E-state index contributed by atoms with van der Waals surface area (Å²) in [5, 5.41) is 5.23. The van der Waals surface area contributed by atoms with Crippen LogP contribution in [0.5, 0.6) is 0 Å². The van der Waals surface area contributed by atoms with Crippen LogP contribution in [0.4, 0.5) is 17.1 Å². The third-order valence-electron chi connectivity index (χ3n) is 11.1. The van der Waals surface area contributed by atoms with Gasteiger partial charge in [-0.1, -0.05) is 158 Å². The average molecular weight is 762 g/mol. The fourth-order valence-electron chi connectivity index (χ4n) is 8.43. The van der Waals surface area contributed by atoms with E-state index in [0.717, 1.165) is 17.1 Å². The van der Waals surface area contributed by atoms with Gasteiger partial charge in [-0.2, -0.15) is 0 Å². The van der Waals surface area contributed by atoms with E-state index in [0.29, 0.717) is 0 Å². The molecule has 3 heteroatoms. The van der Waals surface area contributed by atoms with E-state index in [1.807, 2.05) is 22.7 Å². The Hall–Kier alpha value is -6.78. The van der Waals surface area contributed by atoms with Crippen molar-refractivity contribution in [3.8, 4) is 44.5 Å². The molecule has 57 heavy (non-hydrogen) atoms. The van der Waals surface area contributed by atoms with Crippen LogP contribution in [-0.2, 0) is 0 Å². The predicted molar refractivity (Wildman–Crippen MR) is 249 cm³/mol. The summed E-state index contributed by atoms with van der Waals surface area (Å²) >= 11 is 3.72. The van der Waals surface area contributed by atoms with Gasteiger partial charge in [-0.15, -0.1) is 22.7 Å². The first-order valence-corrected chi connectivity index (χ1v) is 21.0. The SMILES string of the molecule is c1ccc(-c2ccccc2-c2c(-c3ccccc3)cccc2N(c2ccc(-c3ccc4sc5ccccc5c4c3)cc2)c2ccc3c(c2)sc2ccccc23)cc1. The monoisotopic (exact) mass is 761 g/mol. The summed E-state index contributed by atoms with van der Waals surface area (Å²) in [7, 11) is 0. The molecule has 11 rings (SSSR count). The summed E-state index contributed by atoms with van der Waals surface area (Å²) in [4.78, 5) is 2.47. The molecule has 0 atom stereocenters. The number of anilines is 3. The minimum absolute atomic E-state index is 1.10. The highest BCUT2D eigenvalue weighted by molar-refractivity contribution is 7.26. The zero-order chi connectivity index (χ0) is 37.7. The lowest BCUT2D eigenvalue weighted by atomic mass is 9.87. The molecule has 0 amide bonds. The van der Waals surface area contributed by atoms with Gasteiger partial charge in [0, 0.05) is 57.3 Å². The molecule has 0 aliphatic heterocycles. The predicted octanol–water partition coefficient (Wildman–Crippen LogP) is 16.6. The molecule has 0 bridgehead atoms. The first-order chi connectivity index (χ1) is 28.3. The van der Waals surface area contributed by atoms with Crippen molar-refractivity contribution in [2.24, 2.45) is 0 Å². The molecule has 0 N–H and O–H groups in total. The van der Waals surface area contributed by atoms with Crippen molar-refractivity contribution >= 4 is 80.1 Å². The maximum atomic E-state index is 2.47. The summed E-state index contributed by atoms with van der Waals surface area (Å²) in [5.41, 5.74) is 12.9. The molecule has 0 saturated carbocycles. The van der Waals surface area contributed by atoms with Gasteiger partial charge in [-0.3, -0.25) is 0 Å². The highest BCUT2D eigenvalue weighted by atomic mass is 32.1. The summed E-state index contributed by atoms with van der Waals surface area (Å²) in [6.45, 7) is 0. The van der Waals surface area contributed by atoms with Crippen LogP contribution < -0.4 is 4.90 Å². The lowest BCUT2D eigenvalue weighted by molar-refractivity contribution is 1.29. The second kappa shape index (κ2) is 14.1. The Balaban J connectivity index is 1.14. The standard InChI is InChI=1S/C54H35NS2/c1-3-14-37(15-4-1)42-18-7-8-21-47(42)54-43(38-16-5-2-6-17-38)22-13-23-49(54)55(41-31-32-46-44-19-9-11-24-50(44)57-53(46)35-41)40-29-26-36(27-30-40)39-28-33-52-48(34-39)45-20-10-12-25-51(45)56-52/h1-35H. The van der Waals surface area contributed by atoms with Crippen molar-refractivity contribution in [2.45, 2.75) is 0 Å². The molecule has 0 radical (unpaired) electrons. The minimum atomic E-state index is 1.10. The summed E-state index contributed by atoms with van der Waals surface area (Å²) in [5.74, 6) is 0. The molecule has 1 nitrogen and oxygen atoms in total. The van der Waals surface area contributed by atoms with Gasteiger partial charge in [-0.25, -0.2) is 0 Å². The van der Waals surface area contributed by atoms with Crippen LogP contribution in [-0.4, -0.2) is 0 Å². The van der Waals surface area contributed by atoms with Gasteiger partial charge in [0.15, 0.2) is 0 Å². The first kappa shape index (κ1) is 33.5. The van der Waals surface area contributed by atoms with Gasteiger partial charge < -0.3 is 4.90 Å². The van der Waals surface area contributed by atoms with Crippen molar-refractivity contribution in [3.63, 3.8) is 0 Å². The fraction of sp³-hybridized carbons (Fsp3) is 0. The second-order valence-electron chi connectivity index (χ2n) is 14.4. The summed E-state index contributed by atoms with van der Waals surface area (Å²) in [6, 6.07) is 77.8. The smallest absolute Gasteiger partial charge is 0.0546 e. The van der Waals surface area contributed by atoms with Crippen molar-refractivity contribution in [1.29, 1.82) is 0 Å². The highest BCUT2D eigenvalue weighted by Crippen LogP contribution is 2.49. The van der Waals surface area contributed by atoms with E-state index in [9.17, 15) is 0 Å². The van der Waals surface area contributed by atoms with E-state index < -0.39 is 0 Å². The van der Waals surface area contributed by atoms with Gasteiger partial charge in [-0.05, 0) is 93.5 Å². The molecule has 2 aromatic heterocycles. The Morgan fingerprint density at radius 2 is 0.807 bits per heavy atom. The molecule has 0 aliphatic carbocycles. The maximum absolute atomic E-state index is 2.47. The highest BCUT2D eigenvalue weighted by Gasteiger charge is 2.23. The molecule has 0 aliphatic rings. The molecule has 11 aromatic rings. The number of benzene rings is 9. The minimum Gasteiger partial charge on any atom is -0.310 e. The third-order valence-corrected chi connectivity index (χ3v) is 13.4.